The molecule has 0 unspecified atom stereocenters. The summed E-state index contributed by atoms with van der Waals surface area (Å²) in [5.41, 5.74) is 7.20. The van der Waals surface area contributed by atoms with Crippen molar-refractivity contribution in [2.24, 2.45) is 0 Å². The molecule has 0 radical (unpaired) electrons. The van der Waals surface area contributed by atoms with Gasteiger partial charge >= 0.3 is 0 Å². The third-order valence-electron chi connectivity index (χ3n) is 6.42. The summed E-state index contributed by atoms with van der Waals surface area (Å²) < 4.78 is 3.46. The lowest BCUT2D eigenvalue weighted by molar-refractivity contribution is 1.16. The SMILES string of the molecule is Brc1ccc2c(c1)Sc1ccccc1N2c1ccc2c(c1)c1ccccc1n2-c1ccccc1. The number of aromatic nitrogens is 1. The summed E-state index contributed by atoms with van der Waals surface area (Å²) in [5, 5.41) is 2.52. The van der Waals surface area contributed by atoms with E-state index in [1.165, 1.54) is 54.3 Å². The van der Waals surface area contributed by atoms with E-state index < -0.39 is 0 Å². The van der Waals surface area contributed by atoms with Crippen molar-refractivity contribution in [1.82, 2.24) is 4.57 Å². The van der Waals surface area contributed by atoms with Crippen LogP contribution < -0.4 is 4.90 Å². The Bertz CT molecular complexity index is 1700. The number of rotatable bonds is 2. The molecular formula is C30H19BrN2S. The van der Waals surface area contributed by atoms with Crippen molar-refractivity contribution in [3.05, 3.63) is 120 Å². The van der Waals surface area contributed by atoms with E-state index in [1.807, 2.05) is 11.8 Å². The van der Waals surface area contributed by atoms with Gasteiger partial charge in [0, 0.05) is 36.4 Å². The van der Waals surface area contributed by atoms with Crippen molar-refractivity contribution in [2.45, 2.75) is 9.79 Å². The zero-order chi connectivity index (χ0) is 22.6. The second-order valence-corrected chi connectivity index (χ2v) is 10.4. The molecule has 6 aromatic rings. The smallest absolute Gasteiger partial charge is 0.0602 e. The van der Waals surface area contributed by atoms with Crippen molar-refractivity contribution < 1.29 is 0 Å². The van der Waals surface area contributed by atoms with Gasteiger partial charge < -0.3 is 9.47 Å². The second kappa shape index (κ2) is 7.79. The molecule has 34 heavy (non-hydrogen) atoms. The van der Waals surface area contributed by atoms with E-state index in [0.717, 1.165) is 4.47 Å². The summed E-state index contributed by atoms with van der Waals surface area (Å²) in [5.74, 6) is 0. The van der Waals surface area contributed by atoms with E-state index in [-0.39, 0.29) is 0 Å². The van der Waals surface area contributed by atoms with Crippen LogP contribution in [0.4, 0.5) is 17.1 Å². The van der Waals surface area contributed by atoms with Crippen LogP contribution in [-0.4, -0.2) is 4.57 Å². The third-order valence-corrected chi connectivity index (χ3v) is 8.02. The maximum Gasteiger partial charge on any atom is 0.0602 e. The lowest BCUT2D eigenvalue weighted by Gasteiger charge is -2.33. The number of anilines is 3. The standard InChI is InChI=1S/C30H19BrN2S/c31-20-14-16-28-30(18-20)34-29-13-7-6-12-27(29)33(28)22-15-17-26-24(19-22)23-10-4-5-11-25(23)32(26)21-8-2-1-3-9-21/h1-19H. The Morgan fingerprint density at radius 2 is 1.26 bits per heavy atom. The first-order valence-electron chi connectivity index (χ1n) is 11.2. The first kappa shape index (κ1) is 20.0. The predicted molar refractivity (Wildman–Crippen MR) is 147 cm³/mol. The monoisotopic (exact) mass is 518 g/mol. The minimum atomic E-state index is 1.10. The number of nitrogens with zero attached hydrogens (tertiary/aromatic N) is 2. The highest BCUT2D eigenvalue weighted by molar-refractivity contribution is 9.10. The maximum absolute atomic E-state index is 3.66. The van der Waals surface area contributed by atoms with Crippen molar-refractivity contribution in [2.75, 3.05) is 4.90 Å². The van der Waals surface area contributed by atoms with Crippen LogP contribution in [0, 0.1) is 0 Å². The Balaban J connectivity index is 1.51. The first-order chi connectivity index (χ1) is 16.8. The molecule has 0 saturated carbocycles. The summed E-state index contributed by atoms with van der Waals surface area (Å²) in [6, 6.07) is 41.3. The van der Waals surface area contributed by atoms with Crippen LogP contribution in [-0.2, 0) is 0 Å². The van der Waals surface area contributed by atoms with Crippen LogP contribution >= 0.6 is 27.7 Å². The van der Waals surface area contributed by atoms with Crippen LogP contribution in [0.25, 0.3) is 27.5 Å². The van der Waals surface area contributed by atoms with Gasteiger partial charge in [-0.15, -0.1) is 0 Å². The van der Waals surface area contributed by atoms with E-state index >= 15 is 0 Å². The van der Waals surface area contributed by atoms with Gasteiger partial charge in [0.1, 0.15) is 0 Å². The van der Waals surface area contributed by atoms with Crippen LogP contribution in [0.15, 0.2) is 130 Å². The number of para-hydroxylation sites is 3. The van der Waals surface area contributed by atoms with Gasteiger partial charge in [0.05, 0.1) is 22.4 Å². The summed E-state index contributed by atoms with van der Waals surface area (Å²) >= 11 is 5.48. The molecule has 5 aromatic carbocycles. The van der Waals surface area contributed by atoms with Crippen molar-refractivity contribution in [3.63, 3.8) is 0 Å². The summed E-state index contributed by atoms with van der Waals surface area (Å²) in [6.45, 7) is 0. The molecule has 162 valence electrons. The van der Waals surface area contributed by atoms with Crippen LogP contribution in [0.1, 0.15) is 0 Å². The van der Waals surface area contributed by atoms with Gasteiger partial charge in [0.2, 0.25) is 0 Å². The van der Waals surface area contributed by atoms with Gasteiger partial charge in [-0.2, -0.15) is 0 Å². The topological polar surface area (TPSA) is 8.17 Å². The molecule has 0 aliphatic carbocycles. The average molecular weight is 519 g/mol. The highest BCUT2D eigenvalue weighted by atomic mass is 79.9. The number of fused-ring (bicyclic) bond motifs is 5. The molecule has 0 bridgehead atoms. The molecule has 4 heteroatoms. The summed E-state index contributed by atoms with van der Waals surface area (Å²) in [6.07, 6.45) is 0. The summed E-state index contributed by atoms with van der Waals surface area (Å²) in [4.78, 5) is 4.90. The fourth-order valence-electron chi connectivity index (χ4n) is 4.96. The van der Waals surface area contributed by atoms with E-state index in [0.29, 0.717) is 0 Å². The molecule has 2 nitrogen and oxygen atoms in total. The number of benzene rings is 5. The van der Waals surface area contributed by atoms with Crippen molar-refractivity contribution in [3.8, 4) is 5.69 Å². The van der Waals surface area contributed by atoms with Crippen LogP contribution in [0.2, 0.25) is 0 Å². The summed E-state index contributed by atoms with van der Waals surface area (Å²) in [7, 11) is 0. The lowest BCUT2D eigenvalue weighted by atomic mass is 10.1. The Morgan fingerprint density at radius 1 is 0.529 bits per heavy atom. The minimum Gasteiger partial charge on any atom is -0.309 e. The molecule has 0 amide bonds. The number of halogens is 1. The van der Waals surface area contributed by atoms with Crippen LogP contribution in [0.5, 0.6) is 0 Å². The molecule has 0 N–H and O–H groups in total. The predicted octanol–water partition coefficient (Wildman–Crippen LogP) is 9.48. The largest absolute Gasteiger partial charge is 0.309 e. The van der Waals surface area contributed by atoms with Crippen molar-refractivity contribution in [1.29, 1.82) is 0 Å². The molecule has 7 rings (SSSR count). The number of hydrogen-bond acceptors (Lipinski definition) is 2. The van der Waals surface area contributed by atoms with Crippen molar-refractivity contribution >= 4 is 66.6 Å². The van der Waals surface area contributed by atoms with Gasteiger partial charge in [-0.05, 0) is 66.7 Å². The van der Waals surface area contributed by atoms with Gasteiger partial charge in [-0.3, -0.25) is 0 Å². The molecule has 1 aromatic heterocycles. The fourth-order valence-corrected chi connectivity index (χ4v) is 6.57. The first-order valence-corrected chi connectivity index (χ1v) is 12.8. The van der Waals surface area contributed by atoms with E-state index in [2.05, 4.69) is 141 Å². The molecule has 1 aliphatic heterocycles. The van der Waals surface area contributed by atoms with Gasteiger partial charge in [-0.25, -0.2) is 0 Å². The van der Waals surface area contributed by atoms with Crippen LogP contribution in [0.3, 0.4) is 0 Å². The molecule has 0 atom stereocenters. The Labute approximate surface area is 210 Å². The second-order valence-electron chi connectivity index (χ2n) is 8.41. The van der Waals surface area contributed by atoms with E-state index in [4.69, 9.17) is 0 Å². The molecule has 2 heterocycles. The molecule has 1 aliphatic rings. The Kier molecular flexibility index (Phi) is 4.57. The lowest BCUT2D eigenvalue weighted by Crippen LogP contribution is -2.14. The Hall–Kier alpha value is -3.47. The average Bonchev–Trinajstić information content (AvgIpc) is 3.21. The van der Waals surface area contributed by atoms with Gasteiger partial charge in [-0.1, -0.05) is 76.2 Å². The quantitative estimate of drug-likeness (QED) is 0.225. The third kappa shape index (κ3) is 3.03. The molecular weight excluding hydrogens is 500 g/mol. The highest BCUT2D eigenvalue weighted by Crippen LogP contribution is 2.52. The number of hydrogen-bond donors (Lipinski definition) is 0. The van der Waals surface area contributed by atoms with Gasteiger partial charge in [0.25, 0.3) is 0 Å². The van der Waals surface area contributed by atoms with E-state index in [1.54, 1.807) is 0 Å². The Morgan fingerprint density at radius 3 is 2.18 bits per heavy atom. The van der Waals surface area contributed by atoms with Gasteiger partial charge in [0.15, 0.2) is 0 Å². The fraction of sp³-hybridized carbons (Fsp3) is 0. The molecule has 0 spiro atoms. The molecule has 0 fully saturated rings. The normalized spacial score (nSPS) is 12.7. The minimum absolute atomic E-state index is 1.10. The maximum atomic E-state index is 3.66. The van der Waals surface area contributed by atoms with E-state index in [9.17, 15) is 0 Å². The highest BCUT2D eigenvalue weighted by Gasteiger charge is 2.25. The zero-order valence-corrected chi connectivity index (χ0v) is 20.6. The molecule has 0 saturated heterocycles. The zero-order valence-electron chi connectivity index (χ0n) is 18.2.